The SMILES string of the molecule is CCCCCCCC(O)C1(c2cc(CCCCCC)cc(CCCCCC)c2)c2cc(Br)c(C)cc2-c2cc(C)c(Br)cc21. The van der Waals surface area contributed by atoms with E-state index in [1.807, 2.05) is 0 Å². The van der Waals surface area contributed by atoms with Gasteiger partial charge in [-0.3, -0.25) is 0 Å². The van der Waals surface area contributed by atoms with Crippen LogP contribution in [-0.4, -0.2) is 11.2 Å². The molecule has 1 aliphatic carbocycles. The minimum atomic E-state index is -0.612. The highest BCUT2D eigenvalue weighted by molar-refractivity contribution is 9.10. The van der Waals surface area contributed by atoms with E-state index in [0.717, 1.165) is 34.6 Å². The third-order valence-electron chi connectivity index (χ3n) is 9.96. The molecule has 1 N–H and O–H groups in total. The largest absolute Gasteiger partial charge is 0.391 e. The third-order valence-corrected chi connectivity index (χ3v) is 11.7. The smallest absolute Gasteiger partial charge is 0.0723 e. The van der Waals surface area contributed by atoms with Crippen molar-refractivity contribution in [3.63, 3.8) is 0 Å². The number of fused-ring (bicyclic) bond motifs is 3. The van der Waals surface area contributed by atoms with Crippen LogP contribution in [0.5, 0.6) is 0 Å². The van der Waals surface area contributed by atoms with E-state index >= 15 is 0 Å². The summed E-state index contributed by atoms with van der Waals surface area (Å²) in [6.07, 6.45) is 18.6. The van der Waals surface area contributed by atoms with Crippen LogP contribution >= 0.6 is 31.9 Å². The molecular weight excluding hydrogens is 668 g/mol. The maximum Gasteiger partial charge on any atom is 0.0723 e. The summed E-state index contributed by atoms with van der Waals surface area (Å²) < 4.78 is 2.24. The molecule has 0 heterocycles. The molecule has 0 saturated carbocycles. The number of halogens is 2. The van der Waals surface area contributed by atoms with Crippen LogP contribution in [0.4, 0.5) is 0 Å². The second kappa shape index (κ2) is 16.9. The first kappa shape index (κ1) is 35.4. The summed E-state index contributed by atoms with van der Waals surface area (Å²) in [6, 6.07) is 16.8. The summed E-state index contributed by atoms with van der Waals surface area (Å²) in [6.45, 7) is 11.2. The zero-order valence-electron chi connectivity index (χ0n) is 28.1. The summed E-state index contributed by atoms with van der Waals surface area (Å²) in [5.74, 6) is 0. The predicted octanol–water partition coefficient (Wildman–Crippen LogP) is 13.1. The fourth-order valence-electron chi connectivity index (χ4n) is 7.42. The van der Waals surface area contributed by atoms with Gasteiger partial charge < -0.3 is 5.11 Å². The Balaban J connectivity index is 1.93. The molecule has 0 aromatic heterocycles. The second-order valence-corrected chi connectivity index (χ2v) is 15.2. The van der Waals surface area contributed by atoms with Gasteiger partial charge >= 0.3 is 0 Å². The van der Waals surface area contributed by atoms with E-state index in [1.54, 1.807) is 0 Å². The number of aliphatic hydroxyl groups excluding tert-OH is 1. The lowest BCUT2D eigenvalue weighted by molar-refractivity contribution is 0.111. The van der Waals surface area contributed by atoms with Gasteiger partial charge in [-0.25, -0.2) is 0 Å². The number of aliphatic hydroxyl groups is 1. The normalized spacial score (nSPS) is 14.1. The average Bonchev–Trinajstić information content (AvgIpc) is 3.26. The molecule has 4 rings (SSSR count). The fraction of sp³-hybridized carbons (Fsp3) is 0.561. The van der Waals surface area contributed by atoms with Gasteiger partial charge in [-0.05, 0) is 120 Å². The van der Waals surface area contributed by atoms with Gasteiger partial charge in [-0.15, -0.1) is 0 Å². The Hall–Kier alpha value is -1.42. The number of unbranched alkanes of at least 4 members (excludes halogenated alkanes) is 10. The Bertz CT molecular complexity index is 1290. The molecule has 1 atom stereocenters. The molecule has 1 aliphatic rings. The van der Waals surface area contributed by atoms with Crippen LogP contribution in [0.15, 0.2) is 51.4 Å². The van der Waals surface area contributed by atoms with E-state index in [2.05, 4.69) is 109 Å². The van der Waals surface area contributed by atoms with Crippen LogP contribution in [0.2, 0.25) is 0 Å². The monoisotopic (exact) mass is 722 g/mol. The quantitative estimate of drug-likeness (QED) is 0.130. The number of benzene rings is 3. The fourth-order valence-corrected chi connectivity index (χ4v) is 8.10. The van der Waals surface area contributed by atoms with E-state index < -0.39 is 11.5 Å². The summed E-state index contributed by atoms with van der Waals surface area (Å²) >= 11 is 7.83. The predicted molar refractivity (Wildman–Crippen MR) is 198 cm³/mol. The van der Waals surface area contributed by atoms with Gasteiger partial charge in [0.1, 0.15) is 0 Å². The Kier molecular flexibility index (Phi) is 13.6. The molecule has 1 nitrogen and oxygen atoms in total. The Morgan fingerprint density at radius 1 is 0.568 bits per heavy atom. The number of aryl methyl sites for hydroxylation is 4. The zero-order chi connectivity index (χ0) is 31.7. The van der Waals surface area contributed by atoms with Crippen molar-refractivity contribution in [2.24, 2.45) is 0 Å². The maximum atomic E-state index is 12.7. The van der Waals surface area contributed by atoms with Crippen LogP contribution in [0, 0.1) is 13.8 Å². The summed E-state index contributed by atoms with van der Waals surface area (Å²) in [5, 5.41) is 12.7. The van der Waals surface area contributed by atoms with Crippen molar-refractivity contribution < 1.29 is 5.11 Å². The van der Waals surface area contributed by atoms with Gasteiger partial charge in [-0.1, -0.05) is 141 Å². The highest BCUT2D eigenvalue weighted by atomic mass is 79.9. The van der Waals surface area contributed by atoms with Crippen molar-refractivity contribution in [3.05, 3.63) is 90.4 Å². The molecule has 0 aliphatic heterocycles. The Morgan fingerprint density at radius 2 is 1.00 bits per heavy atom. The maximum absolute atomic E-state index is 12.7. The van der Waals surface area contributed by atoms with E-state index in [0.29, 0.717) is 0 Å². The number of rotatable bonds is 18. The molecule has 240 valence electrons. The van der Waals surface area contributed by atoms with Gasteiger partial charge in [0.25, 0.3) is 0 Å². The van der Waals surface area contributed by atoms with Gasteiger partial charge in [0.15, 0.2) is 0 Å². The molecule has 1 unspecified atom stereocenters. The van der Waals surface area contributed by atoms with Crippen LogP contribution in [0.1, 0.15) is 150 Å². The summed E-state index contributed by atoms with van der Waals surface area (Å²) in [5.41, 5.74) is 11.1. The minimum Gasteiger partial charge on any atom is -0.391 e. The van der Waals surface area contributed by atoms with Crippen LogP contribution in [0.3, 0.4) is 0 Å². The van der Waals surface area contributed by atoms with Gasteiger partial charge in [-0.2, -0.15) is 0 Å². The van der Waals surface area contributed by atoms with Gasteiger partial charge in [0.05, 0.1) is 11.5 Å². The number of hydrogen-bond donors (Lipinski definition) is 1. The lowest BCUT2D eigenvalue weighted by Gasteiger charge is -2.39. The Morgan fingerprint density at radius 3 is 1.45 bits per heavy atom. The lowest BCUT2D eigenvalue weighted by atomic mass is 9.66. The van der Waals surface area contributed by atoms with Crippen LogP contribution < -0.4 is 0 Å². The first-order valence-electron chi connectivity index (χ1n) is 17.7. The standard InChI is InChI=1S/C41H56Br2O/c1-6-9-12-15-18-21-40(44)41(33-25-31(19-16-13-10-7-2)24-32(26-33)20-17-14-11-8-3)36-27-38(42)29(4)22-34(36)35-23-30(5)39(43)28-37(35)41/h22-28,40,44H,6-21H2,1-5H3. The average molecular weight is 725 g/mol. The number of hydrogen-bond acceptors (Lipinski definition) is 1. The third kappa shape index (κ3) is 7.92. The molecule has 3 heteroatoms. The van der Waals surface area contributed by atoms with Crippen molar-refractivity contribution in [2.45, 2.75) is 149 Å². The molecule has 44 heavy (non-hydrogen) atoms. The summed E-state index contributed by atoms with van der Waals surface area (Å²) in [4.78, 5) is 0. The molecule has 0 fully saturated rings. The second-order valence-electron chi connectivity index (χ2n) is 13.5. The van der Waals surface area contributed by atoms with E-state index in [-0.39, 0.29) is 0 Å². The molecule has 0 radical (unpaired) electrons. The van der Waals surface area contributed by atoms with Crippen molar-refractivity contribution >= 4 is 31.9 Å². The molecule has 3 aromatic carbocycles. The molecular formula is C41H56Br2O. The van der Waals surface area contributed by atoms with Crippen LogP contribution in [-0.2, 0) is 18.3 Å². The Labute approximate surface area is 285 Å². The highest BCUT2D eigenvalue weighted by Crippen LogP contribution is 2.57. The van der Waals surface area contributed by atoms with E-state index in [1.165, 1.54) is 127 Å². The highest BCUT2D eigenvalue weighted by Gasteiger charge is 2.50. The van der Waals surface area contributed by atoms with Crippen LogP contribution in [0.25, 0.3) is 11.1 Å². The molecule has 0 amide bonds. The topological polar surface area (TPSA) is 20.2 Å². The van der Waals surface area contributed by atoms with Crippen molar-refractivity contribution in [1.82, 2.24) is 0 Å². The van der Waals surface area contributed by atoms with Gasteiger partial charge in [0.2, 0.25) is 0 Å². The minimum absolute atomic E-state index is 0.517. The summed E-state index contributed by atoms with van der Waals surface area (Å²) in [7, 11) is 0. The van der Waals surface area contributed by atoms with E-state index in [4.69, 9.17) is 0 Å². The lowest BCUT2D eigenvalue weighted by Crippen LogP contribution is -2.40. The first-order valence-corrected chi connectivity index (χ1v) is 19.3. The van der Waals surface area contributed by atoms with Gasteiger partial charge in [0, 0.05) is 8.95 Å². The zero-order valence-corrected chi connectivity index (χ0v) is 31.3. The molecule has 0 bridgehead atoms. The van der Waals surface area contributed by atoms with Crippen molar-refractivity contribution in [1.29, 1.82) is 0 Å². The molecule has 3 aromatic rings. The van der Waals surface area contributed by atoms with Crippen molar-refractivity contribution in [3.8, 4) is 11.1 Å². The molecule has 0 spiro atoms. The first-order chi connectivity index (χ1) is 21.3. The van der Waals surface area contributed by atoms with Crippen molar-refractivity contribution in [2.75, 3.05) is 0 Å². The molecule has 0 saturated heterocycles. The van der Waals surface area contributed by atoms with E-state index in [9.17, 15) is 5.11 Å².